The second-order valence-corrected chi connectivity index (χ2v) is 5.32. The summed E-state index contributed by atoms with van der Waals surface area (Å²) in [6.07, 6.45) is 0.977. The molecular formula is C15H17FN4O2. The SMILES string of the molecule is Cc1nc(C2CN(Cc3ccc(F)cn3)CCO2)cc(=O)[nH]1. The standard InChI is InChI=1S/C15H17FN4O2/c1-10-18-13(6-15(21)19-10)14-9-20(4-5-22-14)8-12-3-2-11(16)7-17-12/h2-3,6-7,14H,4-5,8-9H2,1H3,(H,18,19,21). The van der Waals surface area contributed by atoms with Crippen LogP contribution in [0.2, 0.25) is 0 Å². The van der Waals surface area contributed by atoms with Crippen molar-refractivity contribution in [3.8, 4) is 0 Å². The van der Waals surface area contributed by atoms with E-state index < -0.39 is 0 Å². The van der Waals surface area contributed by atoms with Crippen molar-refractivity contribution in [1.82, 2.24) is 19.9 Å². The minimum absolute atomic E-state index is 0.177. The summed E-state index contributed by atoms with van der Waals surface area (Å²) in [4.78, 5) is 24.7. The smallest absolute Gasteiger partial charge is 0.251 e. The second-order valence-electron chi connectivity index (χ2n) is 5.32. The topological polar surface area (TPSA) is 71.1 Å². The Labute approximate surface area is 127 Å². The van der Waals surface area contributed by atoms with Crippen molar-refractivity contribution in [3.63, 3.8) is 0 Å². The average molecular weight is 304 g/mol. The van der Waals surface area contributed by atoms with Crippen molar-refractivity contribution in [2.75, 3.05) is 19.7 Å². The van der Waals surface area contributed by atoms with Crippen molar-refractivity contribution in [1.29, 1.82) is 0 Å². The molecule has 3 heterocycles. The number of morpholine rings is 1. The number of nitrogens with one attached hydrogen (secondary N) is 1. The zero-order chi connectivity index (χ0) is 15.5. The molecule has 2 aromatic rings. The third kappa shape index (κ3) is 3.55. The van der Waals surface area contributed by atoms with Crippen LogP contribution in [0.3, 0.4) is 0 Å². The highest BCUT2D eigenvalue weighted by Gasteiger charge is 2.24. The van der Waals surface area contributed by atoms with Crippen LogP contribution in [0.1, 0.15) is 23.3 Å². The summed E-state index contributed by atoms with van der Waals surface area (Å²) in [6, 6.07) is 4.55. The van der Waals surface area contributed by atoms with E-state index in [2.05, 4.69) is 19.9 Å². The molecule has 0 radical (unpaired) electrons. The molecule has 0 saturated carbocycles. The molecule has 0 aliphatic carbocycles. The summed E-state index contributed by atoms with van der Waals surface area (Å²) in [5.41, 5.74) is 1.26. The maximum Gasteiger partial charge on any atom is 0.251 e. The van der Waals surface area contributed by atoms with Gasteiger partial charge in [-0.15, -0.1) is 0 Å². The van der Waals surface area contributed by atoms with Crippen molar-refractivity contribution >= 4 is 0 Å². The first kappa shape index (κ1) is 14.8. The number of halogens is 1. The summed E-state index contributed by atoms with van der Waals surface area (Å²) in [7, 11) is 0. The van der Waals surface area contributed by atoms with Crippen LogP contribution >= 0.6 is 0 Å². The maximum atomic E-state index is 12.9. The summed E-state index contributed by atoms with van der Waals surface area (Å²) in [6.45, 7) is 4.29. The third-order valence-corrected chi connectivity index (χ3v) is 3.53. The van der Waals surface area contributed by atoms with Gasteiger partial charge >= 0.3 is 0 Å². The first-order chi connectivity index (χ1) is 10.6. The van der Waals surface area contributed by atoms with Gasteiger partial charge in [0.05, 0.1) is 24.2 Å². The number of rotatable bonds is 3. The van der Waals surface area contributed by atoms with Gasteiger partial charge in [0.1, 0.15) is 17.7 Å². The van der Waals surface area contributed by atoms with Crippen LogP contribution in [0.15, 0.2) is 29.2 Å². The Morgan fingerprint density at radius 1 is 1.50 bits per heavy atom. The highest BCUT2D eigenvalue weighted by atomic mass is 19.1. The molecule has 116 valence electrons. The molecular weight excluding hydrogens is 287 g/mol. The monoisotopic (exact) mass is 304 g/mol. The van der Waals surface area contributed by atoms with E-state index in [0.29, 0.717) is 31.2 Å². The highest BCUT2D eigenvalue weighted by molar-refractivity contribution is 5.09. The number of aromatic amines is 1. The quantitative estimate of drug-likeness (QED) is 0.922. The van der Waals surface area contributed by atoms with Crippen LogP contribution in [-0.4, -0.2) is 39.5 Å². The average Bonchev–Trinajstić information content (AvgIpc) is 2.49. The van der Waals surface area contributed by atoms with Gasteiger partial charge in [-0.1, -0.05) is 0 Å². The molecule has 1 N–H and O–H groups in total. The number of aryl methyl sites for hydroxylation is 1. The molecule has 7 heteroatoms. The predicted octanol–water partition coefficient (Wildman–Crippen LogP) is 1.19. The van der Waals surface area contributed by atoms with E-state index in [1.165, 1.54) is 18.3 Å². The van der Waals surface area contributed by atoms with E-state index in [4.69, 9.17) is 4.74 Å². The fourth-order valence-corrected chi connectivity index (χ4v) is 2.52. The van der Waals surface area contributed by atoms with Gasteiger partial charge < -0.3 is 9.72 Å². The fourth-order valence-electron chi connectivity index (χ4n) is 2.52. The Morgan fingerprint density at radius 2 is 2.36 bits per heavy atom. The van der Waals surface area contributed by atoms with Crippen molar-refractivity contribution in [2.45, 2.75) is 19.6 Å². The number of nitrogens with zero attached hydrogens (tertiary/aromatic N) is 3. The molecule has 3 rings (SSSR count). The minimum atomic E-state index is -0.341. The lowest BCUT2D eigenvalue weighted by Gasteiger charge is -2.32. The van der Waals surface area contributed by atoms with Gasteiger partial charge in [0.2, 0.25) is 0 Å². The van der Waals surface area contributed by atoms with Gasteiger partial charge in [-0.05, 0) is 19.1 Å². The molecule has 6 nitrogen and oxygen atoms in total. The zero-order valence-corrected chi connectivity index (χ0v) is 12.3. The molecule has 1 aliphatic rings. The van der Waals surface area contributed by atoms with Gasteiger partial charge in [-0.25, -0.2) is 9.37 Å². The largest absolute Gasteiger partial charge is 0.369 e. The zero-order valence-electron chi connectivity index (χ0n) is 12.3. The molecule has 0 spiro atoms. The maximum absolute atomic E-state index is 12.9. The fraction of sp³-hybridized carbons (Fsp3) is 0.400. The summed E-state index contributed by atoms with van der Waals surface area (Å²) in [5, 5.41) is 0. The molecule has 1 aliphatic heterocycles. The van der Waals surface area contributed by atoms with Crippen LogP contribution in [0, 0.1) is 12.7 Å². The van der Waals surface area contributed by atoms with Gasteiger partial charge in [0, 0.05) is 25.7 Å². The Kier molecular flexibility index (Phi) is 4.26. The first-order valence-corrected chi connectivity index (χ1v) is 7.12. The normalized spacial score (nSPS) is 19.3. The molecule has 0 bridgehead atoms. The van der Waals surface area contributed by atoms with Crippen molar-refractivity contribution in [2.24, 2.45) is 0 Å². The number of ether oxygens (including phenoxy) is 1. The molecule has 1 fully saturated rings. The van der Waals surface area contributed by atoms with Gasteiger partial charge in [-0.2, -0.15) is 0 Å². The third-order valence-electron chi connectivity index (χ3n) is 3.53. The van der Waals surface area contributed by atoms with Crippen LogP contribution < -0.4 is 5.56 Å². The van der Waals surface area contributed by atoms with Crippen LogP contribution in [0.4, 0.5) is 4.39 Å². The van der Waals surface area contributed by atoms with E-state index >= 15 is 0 Å². The van der Waals surface area contributed by atoms with E-state index in [-0.39, 0.29) is 17.5 Å². The van der Waals surface area contributed by atoms with Crippen molar-refractivity contribution < 1.29 is 9.13 Å². The molecule has 1 atom stereocenters. The Balaban J connectivity index is 1.71. The van der Waals surface area contributed by atoms with Gasteiger partial charge in [-0.3, -0.25) is 14.7 Å². The van der Waals surface area contributed by atoms with Gasteiger partial charge in [0.25, 0.3) is 5.56 Å². The molecule has 0 amide bonds. The van der Waals surface area contributed by atoms with Crippen LogP contribution in [-0.2, 0) is 11.3 Å². The molecule has 1 saturated heterocycles. The Morgan fingerprint density at radius 3 is 3.09 bits per heavy atom. The van der Waals surface area contributed by atoms with E-state index in [1.54, 1.807) is 13.0 Å². The molecule has 0 aromatic carbocycles. The van der Waals surface area contributed by atoms with E-state index in [1.807, 2.05) is 0 Å². The molecule has 2 aromatic heterocycles. The van der Waals surface area contributed by atoms with Crippen molar-refractivity contribution in [3.05, 3.63) is 57.8 Å². The summed E-state index contributed by atoms with van der Waals surface area (Å²) >= 11 is 0. The van der Waals surface area contributed by atoms with Crippen LogP contribution in [0.5, 0.6) is 0 Å². The summed E-state index contributed by atoms with van der Waals surface area (Å²) in [5.74, 6) is 0.232. The number of aromatic nitrogens is 3. The second kappa shape index (κ2) is 6.33. The Hall–Kier alpha value is -2.12. The van der Waals surface area contributed by atoms with Gasteiger partial charge in [0.15, 0.2) is 0 Å². The lowest BCUT2D eigenvalue weighted by Crippen LogP contribution is -2.38. The number of H-pyrrole nitrogens is 1. The first-order valence-electron chi connectivity index (χ1n) is 7.12. The number of hydrogen-bond donors (Lipinski definition) is 1. The molecule has 1 unspecified atom stereocenters. The minimum Gasteiger partial charge on any atom is -0.369 e. The highest BCUT2D eigenvalue weighted by Crippen LogP contribution is 2.20. The van der Waals surface area contributed by atoms with E-state index in [9.17, 15) is 9.18 Å². The Bertz CT molecular complexity index is 701. The number of hydrogen-bond acceptors (Lipinski definition) is 5. The number of pyridine rings is 1. The lowest BCUT2D eigenvalue weighted by molar-refractivity contribution is -0.0355. The lowest BCUT2D eigenvalue weighted by atomic mass is 10.2. The summed E-state index contributed by atoms with van der Waals surface area (Å²) < 4.78 is 18.6. The van der Waals surface area contributed by atoms with E-state index in [0.717, 1.165) is 12.2 Å². The predicted molar refractivity (Wildman–Crippen MR) is 77.8 cm³/mol. The van der Waals surface area contributed by atoms with Crippen LogP contribution in [0.25, 0.3) is 0 Å². The molecule has 22 heavy (non-hydrogen) atoms.